The number of alkyl halides is 3. The van der Waals surface area contributed by atoms with E-state index >= 15 is 0 Å². The number of nitrogen functional groups attached to an aromatic ring is 1. The molecular weight excluding hydrogens is 465 g/mol. The summed E-state index contributed by atoms with van der Waals surface area (Å²) >= 11 is 0. The number of pyridine rings is 1. The number of aromatic nitrogens is 5. The zero-order valence-electron chi connectivity index (χ0n) is 18.6. The van der Waals surface area contributed by atoms with Crippen molar-refractivity contribution in [3.8, 4) is 22.4 Å². The van der Waals surface area contributed by atoms with Gasteiger partial charge in [-0.2, -0.15) is 13.2 Å². The average Bonchev–Trinajstić information content (AvgIpc) is 3.42. The zero-order valence-corrected chi connectivity index (χ0v) is 18.6. The minimum Gasteiger partial charge on any atom is -0.376 e. The Balaban J connectivity index is 1.74. The summed E-state index contributed by atoms with van der Waals surface area (Å²) in [5.74, 6) is -1.86. The smallest absolute Gasteiger partial charge is 0.376 e. The Kier molecular flexibility index (Phi) is 5.47. The van der Waals surface area contributed by atoms with Crippen molar-refractivity contribution in [1.82, 2.24) is 23.7 Å². The molecule has 0 unspecified atom stereocenters. The minimum atomic E-state index is -4.45. The third-order valence-corrected chi connectivity index (χ3v) is 6.16. The molecule has 0 saturated carbocycles. The molecule has 1 aromatic carbocycles. The van der Waals surface area contributed by atoms with Crippen molar-refractivity contribution < 1.29 is 17.9 Å². The maximum absolute atomic E-state index is 13.4. The lowest BCUT2D eigenvalue weighted by Crippen LogP contribution is -2.36. The fourth-order valence-electron chi connectivity index (χ4n) is 4.41. The van der Waals surface area contributed by atoms with Crippen LogP contribution in [0.4, 0.5) is 19.1 Å². The maximum Gasteiger partial charge on any atom is 0.394 e. The van der Waals surface area contributed by atoms with Crippen LogP contribution in [-0.4, -0.2) is 42.6 Å². The predicted molar refractivity (Wildman–Crippen MR) is 122 cm³/mol. The highest BCUT2D eigenvalue weighted by Gasteiger charge is 2.48. The molecule has 2 N–H and O–H groups in total. The molecule has 1 fully saturated rings. The molecule has 1 saturated heterocycles. The van der Waals surface area contributed by atoms with Crippen molar-refractivity contribution >= 4 is 11.6 Å². The summed E-state index contributed by atoms with van der Waals surface area (Å²) in [4.78, 5) is 29.6. The van der Waals surface area contributed by atoms with Gasteiger partial charge in [-0.15, -0.1) is 5.10 Å². The van der Waals surface area contributed by atoms with Crippen LogP contribution in [0.25, 0.3) is 28.0 Å². The first-order valence-electron chi connectivity index (χ1n) is 10.8. The molecule has 35 heavy (non-hydrogen) atoms. The number of hydrogen-bond acceptors (Lipinski definition) is 6. The van der Waals surface area contributed by atoms with E-state index < -0.39 is 30.4 Å². The maximum atomic E-state index is 13.4. The predicted octanol–water partition coefficient (Wildman–Crippen LogP) is 2.47. The van der Waals surface area contributed by atoms with E-state index in [9.17, 15) is 22.8 Å². The van der Waals surface area contributed by atoms with Gasteiger partial charge >= 0.3 is 11.9 Å². The first-order chi connectivity index (χ1) is 16.6. The molecule has 4 heterocycles. The molecule has 0 amide bonds. The Morgan fingerprint density at radius 1 is 1.11 bits per heavy atom. The van der Waals surface area contributed by atoms with E-state index in [-0.39, 0.29) is 30.2 Å². The fraction of sp³-hybridized carbons (Fsp3) is 0.304. The van der Waals surface area contributed by atoms with Crippen molar-refractivity contribution in [3.05, 3.63) is 69.5 Å². The van der Waals surface area contributed by atoms with Gasteiger partial charge in [0.05, 0.1) is 29.8 Å². The van der Waals surface area contributed by atoms with Gasteiger partial charge in [0, 0.05) is 37.0 Å². The van der Waals surface area contributed by atoms with Gasteiger partial charge in [0.15, 0.2) is 5.65 Å². The number of aryl methyl sites for hydroxylation is 1. The number of ether oxygens (including phenoxy) is 1. The van der Waals surface area contributed by atoms with Gasteiger partial charge in [0.1, 0.15) is 0 Å². The Morgan fingerprint density at radius 3 is 2.54 bits per heavy atom. The molecule has 0 radical (unpaired) electrons. The second kappa shape index (κ2) is 8.38. The van der Waals surface area contributed by atoms with Crippen LogP contribution in [0.1, 0.15) is 6.42 Å². The normalized spacial score (nSPS) is 18.4. The summed E-state index contributed by atoms with van der Waals surface area (Å²) in [5.41, 5.74) is 7.33. The number of anilines is 1. The number of nitrogens with two attached hydrogens (primary N) is 1. The molecule has 2 atom stereocenters. The lowest BCUT2D eigenvalue weighted by molar-refractivity contribution is -0.187. The number of benzene rings is 1. The summed E-state index contributed by atoms with van der Waals surface area (Å²) in [6.45, 7) is -0.445. The molecule has 1 aliphatic heterocycles. The number of nitrogens with zero attached hydrogens (tertiary/aromatic N) is 5. The first kappa shape index (κ1) is 22.8. The van der Waals surface area contributed by atoms with Crippen LogP contribution in [0.5, 0.6) is 0 Å². The number of hydrogen-bond donors (Lipinski definition) is 1. The van der Waals surface area contributed by atoms with Gasteiger partial charge in [-0.25, -0.2) is 18.9 Å². The first-order valence-corrected chi connectivity index (χ1v) is 10.8. The second-order valence-corrected chi connectivity index (χ2v) is 8.40. The largest absolute Gasteiger partial charge is 0.394 e. The molecule has 12 heteroatoms. The van der Waals surface area contributed by atoms with Crippen LogP contribution in [0, 0.1) is 5.92 Å². The monoisotopic (exact) mass is 486 g/mol. The standard InChI is InChI=1S/C23H21F3N6O3/c1-30-11-14(7-8-17(30)33)18-19(13-5-3-2-4-6-13)28-21(27)32-20(18)29-31(22(32)34)12-16-15(9-10-35-16)23(24,25)26/h2-8,11,15-16H,9-10,12H2,1H3,(H2,27,28)/t15-,16+/m0/s1. The van der Waals surface area contributed by atoms with Crippen molar-refractivity contribution in [1.29, 1.82) is 0 Å². The SMILES string of the molecule is Cn1cc(-c2c(-c3ccccc3)nc(N)n3c(=O)n(C[C@H]4OCC[C@@H]4C(F)(F)F)nc23)ccc1=O. The van der Waals surface area contributed by atoms with E-state index in [0.717, 1.165) is 9.08 Å². The Bertz CT molecular complexity index is 1520. The molecule has 5 rings (SSSR count). The third-order valence-electron chi connectivity index (χ3n) is 6.16. The molecule has 0 bridgehead atoms. The Labute approximate surface area is 196 Å². The molecule has 182 valence electrons. The molecule has 4 aromatic rings. The molecular formula is C23H21F3N6O3. The average molecular weight is 486 g/mol. The van der Waals surface area contributed by atoms with Gasteiger partial charge in [-0.1, -0.05) is 30.3 Å². The summed E-state index contributed by atoms with van der Waals surface area (Å²) in [6.07, 6.45) is -4.31. The number of rotatable bonds is 4. The summed E-state index contributed by atoms with van der Waals surface area (Å²) in [5, 5.41) is 4.38. The molecule has 3 aromatic heterocycles. The molecule has 9 nitrogen and oxygen atoms in total. The Hall–Kier alpha value is -3.93. The number of halogens is 3. The van der Waals surface area contributed by atoms with E-state index in [2.05, 4.69) is 10.1 Å². The van der Waals surface area contributed by atoms with E-state index in [1.54, 1.807) is 43.6 Å². The van der Waals surface area contributed by atoms with Crippen LogP contribution in [0.2, 0.25) is 0 Å². The van der Waals surface area contributed by atoms with E-state index in [1.165, 1.54) is 10.6 Å². The highest BCUT2D eigenvalue weighted by atomic mass is 19.4. The highest BCUT2D eigenvalue weighted by molar-refractivity contribution is 5.90. The van der Waals surface area contributed by atoms with Crippen LogP contribution < -0.4 is 17.0 Å². The zero-order chi connectivity index (χ0) is 24.9. The van der Waals surface area contributed by atoms with Crippen molar-refractivity contribution in [2.45, 2.75) is 25.2 Å². The summed E-state index contributed by atoms with van der Waals surface area (Å²) in [7, 11) is 1.58. The van der Waals surface area contributed by atoms with Gasteiger partial charge in [0.2, 0.25) is 11.5 Å². The van der Waals surface area contributed by atoms with Crippen molar-refractivity contribution in [3.63, 3.8) is 0 Å². The van der Waals surface area contributed by atoms with E-state index in [1.807, 2.05) is 6.07 Å². The van der Waals surface area contributed by atoms with Crippen molar-refractivity contribution in [2.24, 2.45) is 13.0 Å². The lowest BCUT2D eigenvalue weighted by atomic mass is 10.0. The summed E-state index contributed by atoms with van der Waals surface area (Å²) in [6, 6.07) is 12.0. The van der Waals surface area contributed by atoms with Crippen LogP contribution in [-0.2, 0) is 18.3 Å². The lowest BCUT2D eigenvalue weighted by Gasteiger charge is -2.20. The molecule has 1 aliphatic rings. The Morgan fingerprint density at radius 2 is 1.86 bits per heavy atom. The highest BCUT2D eigenvalue weighted by Crippen LogP contribution is 2.38. The summed E-state index contributed by atoms with van der Waals surface area (Å²) < 4.78 is 48.9. The van der Waals surface area contributed by atoms with Gasteiger partial charge in [-0.05, 0) is 12.5 Å². The van der Waals surface area contributed by atoms with Crippen LogP contribution in [0.3, 0.4) is 0 Å². The van der Waals surface area contributed by atoms with Gasteiger partial charge < -0.3 is 15.0 Å². The van der Waals surface area contributed by atoms with Gasteiger partial charge in [-0.3, -0.25) is 4.79 Å². The quantitative estimate of drug-likeness (QED) is 0.475. The minimum absolute atomic E-state index is 0.0535. The second-order valence-electron chi connectivity index (χ2n) is 8.40. The van der Waals surface area contributed by atoms with E-state index in [4.69, 9.17) is 10.5 Å². The molecule has 0 aliphatic carbocycles. The van der Waals surface area contributed by atoms with E-state index in [0.29, 0.717) is 22.4 Å². The number of fused-ring (bicyclic) bond motifs is 1. The van der Waals surface area contributed by atoms with Gasteiger partial charge in [0.25, 0.3) is 0 Å². The fourth-order valence-corrected chi connectivity index (χ4v) is 4.41. The topological polar surface area (TPSA) is 109 Å². The van der Waals surface area contributed by atoms with Crippen LogP contribution >= 0.6 is 0 Å². The molecule has 0 spiro atoms. The van der Waals surface area contributed by atoms with Crippen molar-refractivity contribution in [2.75, 3.05) is 12.3 Å². The van der Waals surface area contributed by atoms with Crippen LogP contribution in [0.15, 0.2) is 58.3 Å². The third kappa shape index (κ3) is 3.99.